The van der Waals surface area contributed by atoms with Gasteiger partial charge in [0.25, 0.3) is 5.19 Å². The third-order valence-electron chi connectivity index (χ3n) is 4.92. The van der Waals surface area contributed by atoms with Crippen LogP contribution >= 0.6 is 11.3 Å². The summed E-state index contributed by atoms with van der Waals surface area (Å²) in [5, 5.41) is 6.54. The van der Waals surface area contributed by atoms with Crippen molar-refractivity contribution in [2.75, 3.05) is 13.1 Å². The second-order valence-corrected chi connectivity index (χ2v) is 8.70. The number of piperidine rings is 1. The molecule has 2 heterocycles. The standard InChI is InChI=1S/C23H30N4O2S/c1-5-20-21(6-2)30-23(26-20)29-19-9-7-17(8-10-19)15-27-13-11-18(12-14-27)25-22(28)24-16(3)4/h5-10,16,18H,1-2,11-15H2,3-4H3,(H2,24,25,28). The number of nitrogens with zero attached hydrogens (tertiary/aromatic N) is 2. The number of rotatable bonds is 8. The Labute approximate surface area is 182 Å². The van der Waals surface area contributed by atoms with Crippen LogP contribution in [-0.4, -0.2) is 41.1 Å². The minimum absolute atomic E-state index is 0.0697. The van der Waals surface area contributed by atoms with E-state index in [0.717, 1.165) is 48.8 Å². The number of carbonyl (C=O) groups is 1. The largest absolute Gasteiger partial charge is 0.431 e. The van der Waals surface area contributed by atoms with E-state index >= 15 is 0 Å². The first-order valence-corrected chi connectivity index (χ1v) is 11.1. The summed E-state index contributed by atoms with van der Waals surface area (Å²) in [6.07, 6.45) is 5.40. The molecular formula is C23H30N4O2S. The Morgan fingerprint density at radius 1 is 1.27 bits per heavy atom. The smallest absolute Gasteiger partial charge is 0.315 e. The molecule has 3 rings (SSSR count). The second kappa shape index (κ2) is 10.4. The van der Waals surface area contributed by atoms with Crippen LogP contribution in [0.4, 0.5) is 4.79 Å². The zero-order valence-electron chi connectivity index (χ0n) is 17.7. The molecule has 0 radical (unpaired) electrons. The van der Waals surface area contributed by atoms with Gasteiger partial charge in [0.05, 0.1) is 10.6 Å². The molecule has 7 heteroatoms. The van der Waals surface area contributed by atoms with Gasteiger partial charge < -0.3 is 15.4 Å². The topological polar surface area (TPSA) is 66.5 Å². The molecule has 0 atom stereocenters. The lowest BCUT2D eigenvalue weighted by molar-refractivity contribution is 0.186. The molecule has 1 saturated heterocycles. The van der Waals surface area contributed by atoms with Crippen LogP contribution in [0.25, 0.3) is 12.2 Å². The van der Waals surface area contributed by atoms with Crippen LogP contribution in [0.5, 0.6) is 10.9 Å². The average molecular weight is 427 g/mol. The quantitative estimate of drug-likeness (QED) is 0.630. The summed E-state index contributed by atoms with van der Waals surface area (Å²) in [7, 11) is 0. The van der Waals surface area contributed by atoms with Crippen molar-refractivity contribution in [2.45, 2.75) is 45.3 Å². The highest BCUT2D eigenvalue weighted by Gasteiger charge is 2.21. The van der Waals surface area contributed by atoms with E-state index in [1.165, 1.54) is 16.9 Å². The minimum atomic E-state index is -0.0697. The van der Waals surface area contributed by atoms with Crippen molar-refractivity contribution in [2.24, 2.45) is 0 Å². The Kier molecular flexibility index (Phi) is 7.65. The minimum Gasteiger partial charge on any atom is -0.431 e. The molecule has 1 aromatic heterocycles. The molecule has 1 aliphatic rings. The molecule has 0 spiro atoms. The van der Waals surface area contributed by atoms with Crippen molar-refractivity contribution in [3.63, 3.8) is 0 Å². The third kappa shape index (κ3) is 6.18. The number of hydrogen-bond acceptors (Lipinski definition) is 5. The molecule has 2 aromatic rings. The van der Waals surface area contributed by atoms with E-state index in [4.69, 9.17) is 4.74 Å². The number of aromatic nitrogens is 1. The Balaban J connectivity index is 1.47. The van der Waals surface area contributed by atoms with E-state index < -0.39 is 0 Å². The Bertz CT molecular complexity index is 842. The lowest BCUT2D eigenvalue weighted by Crippen LogP contribution is -2.49. The Morgan fingerprint density at radius 3 is 2.53 bits per heavy atom. The van der Waals surface area contributed by atoms with Crippen molar-refractivity contribution in [3.05, 3.63) is 53.6 Å². The summed E-state index contributed by atoms with van der Waals surface area (Å²) in [4.78, 5) is 19.6. The SMILES string of the molecule is C=Cc1nc(Oc2ccc(CN3CCC(NC(=O)NC(C)C)CC3)cc2)sc1C=C. The van der Waals surface area contributed by atoms with E-state index in [-0.39, 0.29) is 18.1 Å². The monoisotopic (exact) mass is 426 g/mol. The first-order chi connectivity index (χ1) is 14.5. The molecule has 0 bridgehead atoms. The molecule has 1 fully saturated rings. The van der Waals surface area contributed by atoms with Crippen LogP contribution in [0, 0.1) is 0 Å². The predicted octanol–water partition coefficient (Wildman–Crippen LogP) is 4.89. The molecule has 0 unspecified atom stereocenters. The van der Waals surface area contributed by atoms with Gasteiger partial charge in [-0.15, -0.1) is 0 Å². The summed E-state index contributed by atoms with van der Waals surface area (Å²) in [5.41, 5.74) is 2.03. The molecular weight excluding hydrogens is 396 g/mol. The number of amides is 2. The van der Waals surface area contributed by atoms with Gasteiger partial charge in [-0.25, -0.2) is 9.78 Å². The number of likely N-dealkylation sites (tertiary alicyclic amines) is 1. The highest BCUT2D eigenvalue weighted by atomic mass is 32.1. The van der Waals surface area contributed by atoms with E-state index in [9.17, 15) is 4.79 Å². The van der Waals surface area contributed by atoms with Gasteiger partial charge in [-0.05, 0) is 56.5 Å². The molecule has 2 amide bonds. The highest BCUT2D eigenvalue weighted by Crippen LogP contribution is 2.31. The van der Waals surface area contributed by atoms with E-state index in [1.807, 2.05) is 26.0 Å². The van der Waals surface area contributed by atoms with Crippen molar-refractivity contribution >= 4 is 29.5 Å². The number of urea groups is 1. The maximum Gasteiger partial charge on any atom is 0.315 e. The fraction of sp³-hybridized carbons (Fsp3) is 0.391. The molecule has 1 aromatic carbocycles. The zero-order valence-corrected chi connectivity index (χ0v) is 18.5. The average Bonchev–Trinajstić information content (AvgIpc) is 3.12. The number of thiazole rings is 1. The normalized spacial score (nSPS) is 15.0. The zero-order chi connectivity index (χ0) is 21.5. The van der Waals surface area contributed by atoms with E-state index in [0.29, 0.717) is 5.19 Å². The summed E-state index contributed by atoms with van der Waals surface area (Å²) in [6, 6.07) is 8.46. The molecule has 0 saturated carbocycles. The molecule has 160 valence electrons. The summed E-state index contributed by atoms with van der Waals surface area (Å²) in [5.74, 6) is 0.762. The van der Waals surface area contributed by atoms with Gasteiger partial charge in [0.2, 0.25) is 0 Å². The summed E-state index contributed by atoms with van der Waals surface area (Å²) >= 11 is 1.45. The molecule has 30 heavy (non-hydrogen) atoms. The first-order valence-electron chi connectivity index (χ1n) is 10.3. The van der Waals surface area contributed by atoms with Gasteiger partial charge in [0, 0.05) is 31.7 Å². The number of nitrogens with one attached hydrogen (secondary N) is 2. The Morgan fingerprint density at radius 2 is 1.97 bits per heavy atom. The van der Waals surface area contributed by atoms with Crippen LogP contribution in [0.2, 0.25) is 0 Å². The first kappa shape index (κ1) is 22.1. The van der Waals surface area contributed by atoms with Crippen LogP contribution in [0.1, 0.15) is 42.8 Å². The Hall–Kier alpha value is -2.64. The summed E-state index contributed by atoms with van der Waals surface area (Å²) < 4.78 is 5.88. The van der Waals surface area contributed by atoms with Crippen LogP contribution in [-0.2, 0) is 6.54 Å². The number of carbonyl (C=O) groups excluding carboxylic acids is 1. The highest BCUT2D eigenvalue weighted by molar-refractivity contribution is 7.14. The van der Waals surface area contributed by atoms with Crippen LogP contribution < -0.4 is 15.4 Å². The van der Waals surface area contributed by atoms with Gasteiger partial charge in [0.15, 0.2) is 0 Å². The van der Waals surface area contributed by atoms with Gasteiger partial charge >= 0.3 is 6.03 Å². The van der Waals surface area contributed by atoms with Crippen LogP contribution in [0.3, 0.4) is 0 Å². The number of benzene rings is 1. The number of ether oxygens (including phenoxy) is 1. The van der Waals surface area contributed by atoms with Crippen LogP contribution in [0.15, 0.2) is 37.4 Å². The lowest BCUT2D eigenvalue weighted by Gasteiger charge is -2.32. The van der Waals surface area contributed by atoms with Gasteiger partial charge in [-0.1, -0.05) is 36.6 Å². The maximum absolute atomic E-state index is 11.9. The summed E-state index contributed by atoms with van der Waals surface area (Å²) in [6.45, 7) is 14.3. The molecule has 1 aliphatic heterocycles. The van der Waals surface area contributed by atoms with Crippen molar-refractivity contribution in [1.29, 1.82) is 0 Å². The van der Waals surface area contributed by atoms with Gasteiger partial charge in [-0.2, -0.15) is 0 Å². The fourth-order valence-electron chi connectivity index (χ4n) is 3.41. The molecule has 6 nitrogen and oxygen atoms in total. The fourth-order valence-corrected chi connectivity index (χ4v) is 4.19. The third-order valence-corrected chi connectivity index (χ3v) is 5.86. The van der Waals surface area contributed by atoms with E-state index in [1.54, 1.807) is 12.2 Å². The molecule has 2 N–H and O–H groups in total. The molecule has 0 aliphatic carbocycles. The van der Waals surface area contributed by atoms with Crippen molar-refractivity contribution in [3.8, 4) is 10.9 Å². The maximum atomic E-state index is 11.9. The van der Waals surface area contributed by atoms with Gasteiger partial charge in [0.1, 0.15) is 5.75 Å². The lowest BCUT2D eigenvalue weighted by atomic mass is 10.0. The van der Waals surface area contributed by atoms with E-state index in [2.05, 4.69) is 45.8 Å². The number of hydrogen-bond donors (Lipinski definition) is 2. The van der Waals surface area contributed by atoms with Crippen molar-refractivity contribution in [1.82, 2.24) is 20.5 Å². The predicted molar refractivity (Wildman–Crippen MR) is 124 cm³/mol. The van der Waals surface area contributed by atoms with Crippen molar-refractivity contribution < 1.29 is 9.53 Å². The van der Waals surface area contributed by atoms with Gasteiger partial charge in [-0.3, -0.25) is 4.90 Å². The second-order valence-electron chi connectivity index (χ2n) is 7.71.